The molecule has 188 valence electrons. The summed E-state index contributed by atoms with van der Waals surface area (Å²) in [5.41, 5.74) is 2.73. The first-order chi connectivity index (χ1) is 16.7. The third-order valence-electron chi connectivity index (χ3n) is 6.90. The van der Waals surface area contributed by atoms with Crippen LogP contribution in [0.2, 0.25) is 0 Å². The fourth-order valence-corrected chi connectivity index (χ4v) is 6.56. The lowest BCUT2D eigenvalue weighted by Crippen LogP contribution is -2.50. The average Bonchev–Trinajstić information content (AvgIpc) is 3.40. The van der Waals surface area contributed by atoms with E-state index in [0.717, 1.165) is 24.8 Å². The Balaban J connectivity index is 1.72. The predicted molar refractivity (Wildman–Crippen MR) is 136 cm³/mol. The van der Waals surface area contributed by atoms with Crippen molar-refractivity contribution in [1.82, 2.24) is 9.21 Å². The van der Waals surface area contributed by atoms with Crippen molar-refractivity contribution in [2.45, 2.75) is 50.2 Å². The van der Waals surface area contributed by atoms with E-state index in [2.05, 4.69) is 6.08 Å². The number of hydrogen-bond donors (Lipinski definition) is 1. The molecular weight excluding hydrogens is 464 g/mol. The molecule has 7 nitrogen and oxygen atoms in total. The number of sulfonamides is 1. The Morgan fingerprint density at radius 3 is 2.63 bits per heavy atom. The number of benzene rings is 2. The third-order valence-corrected chi connectivity index (χ3v) is 8.92. The van der Waals surface area contributed by atoms with E-state index in [1.165, 1.54) is 9.88 Å². The van der Waals surface area contributed by atoms with Gasteiger partial charge in [-0.2, -0.15) is 4.31 Å². The number of aliphatic hydroxyl groups excluding tert-OH is 1. The SMILES string of the molecule is C[C@H]1CN([C@@H](C)CO)S(=O)(=O)c2ccc(C3=CCCC3)cc2O[C@H]1CN(C)C(=O)c1ccccc1. The smallest absolute Gasteiger partial charge is 0.253 e. The molecule has 1 aliphatic carbocycles. The lowest BCUT2D eigenvalue weighted by Gasteiger charge is -2.37. The fourth-order valence-electron chi connectivity index (χ4n) is 4.73. The van der Waals surface area contributed by atoms with E-state index in [9.17, 15) is 18.3 Å². The summed E-state index contributed by atoms with van der Waals surface area (Å²) in [7, 11) is -2.16. The van der Waals surface area contributed by atoms with Crippen molar-refractivity contribution in [3.8, 4) is 5.75 Å². The monoisotopic (exact) mass is 498 g/mol. The van der Waals surface area contributed by atoms with Crippen LogP contribution in [-0.4, -0.2) is 67.5 Å². The van der Waals surface area contributed by atoms with Crippen LogP contribution in [0.3, 0.4) is 0 Å². The highest BCUT2D eigenvalue weighted by molar-refractivity contribution is 7.89. The highest BCUT2D eigenvalue weighted by Gasteiger charge is 2.38. The molecule has 0 bridgehead atoms. The van der Waals surface area contributed by atoms with Gasteiger partial charge in [0.2, 0.25) is 10.0 Å². The molecule has 2 aliphatic rings. The summed E-state index contributed by atoms with van der Waals surface area (Å²) in [5.74, 6) is -0.0587. The van der Waals surface area contributed by atoms with Crippen LogP contribution >= 0.6 is 0 Å². The van der Waals surface area contributed by atoms with Gasteiger partial charge >= 0.3 is 0 Å². The summed E-state index contributed by atoms with van der Waals surface area (Å²) in [6, 6.07) is 13.7. The average molecular weight is 499 g/mol. The highest BCUT2D eigenvalue weighted by Crippen LogP contribution is 2.37. The third kappa shape index (κ3) is 5.29. The number of aliphatic hydroxyl groups is 1. The number of ether oxygens (including phenoxy) is 1. The van der Waals surface area contributed by atoms with E-state index in [1.54, 1.807) is 37.1 Å². The molecule has 0 spiro atoms. The number of nitrogens with zero attached hydrogens (tertiary/aromatic N) is 2. The minimum absolute atomic E-state index is 0.0917. The van der Waals surface area contributed by atoms with E-state index in [1.807, 2.05) is 37.3 Å². The van der Waals surface area contributed by atoms with Gasteiger partial charge in [0, 0.05) is 31.1 Å². The van der Waals surface area contributed by atoms with Gasteiger partial charge in [-0.15, -0.1) is 0 Å². The number of fused-ring (bicyclic) bond motifs is 1. The van der Waals surface area contributed by atoms with Crippen LogP contribution in [0.5, 0.6) is 5.75 Å². The molecule has 0 saturated carbocycles. The molecule has 0 saturated heterocycles. The normalized spacial score (nSPS) is 22.8. The molecule has 1 amide bonds. The quantitative estimate of drug-likeness (QED) is 0.655. The van der Waals surface area contributed by atoms with E-state index < -0.39 is 22.2 Å². The van der Waals surface area contributed by atoms with Crippen LogP contribution < -0.4 is 4.74 Å². The summed E-state index contributed by atoms with van der Waals surface area (Å²) < 4.78 is 35.0. The molecule has 2 aromatic rings. The Hall–Kier alpha value is -2.68. The second-order valence-electron chi connectivity index (χ2n) is 9.57. The molecule has 0 unspecified atom stereocenters. The number of allylic oxidation sites excluding steroid dienone is 2. The predicted octanol–water partition coefficient (Wildman–Crippen LogP) is 3.79. The van der Waals surface area contributed by atoms with Crippen LogP contribution in [0.25, 0.3) is 5.57 Å². The molecular formula is C27H34N2O5S. The molecule has 2 aromatic carbocycles. The number of likely N-dealkylation sites (N-methyl/N-ethyl adjacent to an activating group) is 1. The summed E-state index contributed by atoms with van der Waals surface area (Å²) >= 11 is 0. The number of carbonyl (C=O) groups is 1. The van der Waals surface area contributed by atoms with Crippen molar-refractivity contribution in [3.05, 3.63) is 65.7 Å². The minimum Gasteiger partial charge on any atom is -0.487 e. The first kappa shape index (κ1) is 25.4. The minimum atomic E-state index is -3.89. The van der Waals surface area contributed by atoms with Gasteiger partial charge in [-0.05, 0) is 61.6 Å². The number of amides is 1. The van der Waals surface area contributed by atoms with Crippen LogP contribution in [-0.2, 0) is 10.0 Å². The standard InChI is InChI=1S/C27H34N2O5S/c1-19-16-29(20(2)18-30)35(32,33)26-14-13-23(21-9-7-8-10-21)15-24(26)34-25(19)17-28(3)27(31)22-11-5-4-6-12-22/h4-6,9,11-15,19-20,25,30H,7-8,10,16-18H2,1-3H3/t19-,20-,25-/m0/s1. The molecule has 1 N–H and O–H groups in total. The van der Waals surface area contributed by atoms with E-state index in [4.69, 9.17) is 4.74 Å². The maximum Gasteiger partial charge on any atom is 0.253 e. The summed E-state index contributed by atoms with van der Waals surface area (Å²) in [6.45, 7) is 3.80. The molecule has 8 heteroatoms. The topological polar surface area (TPSA) is 87.2 Å². The van der Waals surface area contributed by atoms with Gasteiger partial charge in [-0.3, -0.25) is 4.79 Å². The second kappa shape index (κ2) is 10.5. The zero-order chi connectivity index (χ0) is 25.2. The molecule has 0 aromatic heterocycles. The van der Waals surface area contributed by atoms with Gasteiger partial charge in [0.1, 0.15) is 16.7 Å². The van der Waals surface area contributed by atoms with Gasteiger partial charge in [0.25, 0.3) is 5.91 Å². The highest BCUT2D eigenvalue weighted by atomic mass is 32.2. The van der Waals surface area contributed by atoms with Crippen molar-refractivity contribution < 1.29 is 23.1 Å². The first-order valence-corrected chi connectivity index (χ1v) is 13.6. The molecule has 35 heavy (non-hydrogen) atoms. The Morgan fingerprint density at radius 1 is 1.23 bits per heavy atom. The molecule has 0 fully saturated rings. The van der Waals surface area contributed by atoms with Crippen LogP contribution in [0, 0.1) is 5.92 Å². The lowest BCUT2D eigenvalue weighted by atomic mass is 10.0. The first-order valence-electron chi connectivity index (χ1n) is 12.2. The lowest BCUT2D eigenvalue weighted by molar-refractivity contribution is 0.0563. The Kier molecular flexibility index (Phi) is 7.64. The van der Waals surface area contributed by atoms with Crippen molar-refractivity contribution in [3.63, 3.8) is 0 Å². The van der Waals surface area contributed by atoms with Gasteiger partial charge in [-0.1, -0.05) is 37.3 Å². The van der Waals surface area contributed by atoms with Gasteiger partial charge in [0.05, 0.1) is 13.2 Å². The maximum atomic E-state index is 13.6. The molecule has 4 rings (SSSR count). The van der Waals surface area contributed by atoms with E-state index in [-0.39, 0.29) is 29.9 Å². The summed E-state index contributed by atoms with van der Waals surface area (Å²) in [6.07, 6.45) is 4.79. The Morgan fingerprint density at radius 2 is 1.97 bits per heavy atom. The van der Waals surface area contributed by atoms with Crippen molar-refractivity contribution in [2.24, 2.45) is 5.92 Å². The largest absolute Gasteiger partial charge is 0.487 e. The van der Waals surface area contributed by atoms with Crippen molar-refractivity contribution >= 4 is 21.5 Å². The van der Waals surface area contributed by atoms with Crippen LogP contribution in [0.1, 0.15) is 49.0 Å². The molecule has 0 radical (unpaired) electrons. The van der Waals surface area contributed by atoms with Crippen molar-refractivity contribution in [1.29, 1.82) is 0 Å². The van der Waals surface area contributed by atoms with Gasteiger partial charge in [-0.25, -0.2) is 8.42 Å². The Bertz CT molecular complexity index is 1200. The summed E-state index contributed by atoms with van der Waals surface area (Å²) in [5, 5.41) is 9.82. The summed E-state index contributed by atoms with van der Waals surface area (Å²) in [4.78, 5) is 14.7. The van der Waals surface area contributed by atoms with Crippen LogP contribution in [0.4, 0.5) is 0 Å². The van der Waals surface area contributed by atoms with E-state index >= 15 is 0 Å². The Labute approximate surface area is 208 Å². The number of carbonyl (C=O) groups excluding carboxylic acids is 1. The second-order valence-corrected chi connectivity index (χ2v) is 11.4. The van der Waals surface area contributed by atoms with E-state index in [0.29, 0.717) is 17.9 Å². The van der Waals surface area contributed by atoms with Crippen molar-refractivity contribution in [2.75, 3.05) is 26.7 Å². The zero-order valence-corrected chi connectivity index (χ0v) is 21.4. The van der Waals surface area contributed by atoms with Crippen LogP contribution in [0.15, 0.2) is 59.5 Å². The zero-order valence-electron chi connectivity index (χ0n) is 20.6. The fraction of sp³-hybridized carbons (Fsp3) is 0.444. The number of hydrogen-bond acceptors (Lipinski definition) is 5. The van der Waals surface area contributed by atoms with Gasteiger partial charge < -0.3 is 14.7 Å². The maximum absolute atomic E-state index is 13.6. The molecule has 3 atom stereocenters. The van der Waals surface area contributed by atoms with Gasteiger partial charge in [0.15, 0.2) is 0 Å². The molecule has 1 heterocycles. The number of rotatable bonds is 6. The molecule has 1 aliphatic heterocycles.